The van der Waals surface area contributed by atoms with Crippen LogP contribution in [0.3, 0.4) is 0 Å². The Balaban J connectivity index is 2.15. The van der Waals surface area contributed by atoms with Crippen LogP contribution in [0.2, 0.25) is 0 Å². The van der Waals surface area contributed by atoms with Crippen LogP contribution in [0.25, 0.3) is 0 Å². The number of aliphatic hydroxyl groups excluding tert-OH is 1. The molecule has 1 N–H and O–H groups in total. The molecule has 0 saturated carbocycles. The molecule has 88 valence electrons. The molecule has 0 aromatic heterocycles. The van der Waals surface area contributed by atoms with E-state index in [4.69, 9.17) is 0 Å². The highest BCUT2D eigenvalue weighted by atomic mass is 32.2. The summed E-state index contributed by atoms with van der Waals surface area (Å²) in [7, 11) is 0. The van der Waals surface area contributed by atoms with Crippen molar-refractivity contribution >= 4 is 17.7 Å². The number of amides is 1. The number of unbranched alkanes of at least 4 members (excludes halogenated alkanes) is 1. The minimum Gasteiger partial charge on any atom is -0.391 e. The predicted molar refractivity (Wildman–Crippen MR) is 64.1 cm³/mol. The Morgan fingerprint density at radius 3 is 3.07 bits per heavy atom. The van der Waals surface area contributed by atoms with Crippen molar-refractivity contribution in [2.24, 2.45) is 0 Å². The molecule has 0 aromatic rings. The van der Waals surface area contributed by atoms with Gasteiger partial charge in [-0.05, 0) is 25.0 Å². The van der Waals surface area contributed by atoms with Gasteiger partial charge in [-0.1, -0.05) is 13.3 Å². The fourth-order valence-electron chi connectivity index (χ4n) is 1.68. The first-order valence-corrected chi connectivity index (χ1v) is 6.93. The van der Waals surface area contributed by atoms with E-state index in [-0.39, 0.29) is 12.0 Å². The predicted octanol–water partition coefficient (Wildman–Crippen LogP) is 1.50. The van der Waals surface area contributed by atoms with Gasteiger partial charge < -0.3 is 10.0 Å². The second kappa shape index (κ2) is 7.12. The topological polar surface area (TPSA) is 40.5 Å². The van der Waals surface area contributed by atoms with E-state index in [1.54, 1.807) is 16.7 Å². The van der Waals surface area contributed by atoms with Gasteiger partial charge in [-0.3, -0.25) is 4.79 Å². The van der Waals surface area contributed by atoms with E-state index in [9.17, 15) is 9.90 Å². The largest absolute Gasteiger partial charge is 0.391 e. The third-order valence-electron chi connectivity index (χ3n) is 2.62. The van der Waals surface area contributed by atoms with Gasteiger partial charge in [0.1, 0.15) is 0 Å². The maximum atomic E-state index is 11.7. The quantitative estimate of drug-likeness (QED) is 0.729. The molecule has 3 nitrogen and oxygen atoms in total. The van der Waals surface area contributed by atoms with E-state index in [0.717, 1.165) is 25.1 Å². The molecule has 0 unspecified atom stereocenters. The highest BCUT2D eigenvalue weighted by molar-refractivity contribution is 7.99. The molecule has 1 fully saturated rings. The van der Waals surface area contributed by atoms with Crippen molar-refractivity contribution in [3.63, 3.8) is 0 Å². The molecule has 0 aliphatic carbocycles. The Morgan fingerprint density at radius 2 is 2.40 bits per heavy atom. The number of hydrogen-bond donors (Lipinski definition) is 1. The Kier molecular flexibility index (Phi) is 6.10. The fourth-order valence-corrected chi connectivity index (χ4v) is 2.67. The number of piperidine rings is 1. The molecule has 1 rings (SSSR count). The van der Waals surface area contributed by atoms with Gasteiger partial charge in [-0.2, -0.15) is 11.8 Å². The molecular weight excluding hydrogens is 210 g/mol. The zero-order chi connectivity index (χ0) is 11.1. The number of likely N-dealkylation sites (tertiary alicyclic amines) is 1. The van der Waals surface area contributed by atoms with E-state index in [0.29, 0.717) is 12.3 Å². The number of aliphatic hydroxyl groups is 1. The van der Waals surface area contributed by atoms with Crippen LogP contribution in [0.5, 0.6) is 0 Å². The Hall–Kier alpha value is -0.220. The lowest BCUT2D eigenvalue weighted by Crippen LogP contribution is -2.43. The van der Waals surface area contributed by atoms with Crippen LogP contribution in [-0.4, -0.2) is 46.6 Å². The summed E-state index contributed by atoms with van der Waals surface area (Å²) in [6, 6.07) is 0. The van der Waals surface area contributed by atoms with Gasteiger partial charge in [0, 0.05) is 13.1 Å². The standard InChI is InChI=1S/C11H21NO2S/c1-2-3-7-15-9-11(14)12-6-4-5-10(13)8-12/h10,13H,2-9H2,1H3/t10-/m0/s1. The smallest absolute Gasteiger partial charge is 0.232 e. The van der Waals surface area contributed by atoms with Gasteiger partial charge in [0.15, 0.2) is 0 Å². The lowest BCUT2D eigenvalue weighted by molar-refractivity contribution is -0.131. The first-order chi connectivity index (χ1) is 7.24. The lowest BCUT2D eigenvalue weighted by atomic mass is 10.1. The van der Waals surface area contributed by atoms with Crippen LogP contribution in [0, 0.1) is 0 Å². The minimum absolute atomic E-state index is 0.190. The van der Waals surface area contributed by atoms with Crippen LogP contribution < -0.4 is 0 Å². The second-order valence-electron chi connectivity index (χ2n) is 4.04. The molecule has 0 bridgehead atoms. The number of carbonyl (C=O) groups excluding carboxylic acids is 1. The summed E-state index contributed by atoms with van der Waals surface area (Å²) in [5.74, 6) is 1.83. The zero-order valence-electron chi connectivity index (χ0n) is 9.45. The Morgan fingerprint density at radius 1 is 1.60 bits per heavy atom. The third kappa shape index (κ3) is 4.89. The third-order valence-corrected chi connectivity index (χ3v) is 3.65. The fraction of sp³-hybridized carbons (Fsp3) is 0.909. The van der Waals surface area contributed by atoms with E-state index >= 15 is 0 Å². The van der Waals surface area contributed by atoms with Gasteiger partial charge in [-0.15, -0.1) is 0 Å². The molecule has 1 aliphatic rings. The molecular formula is C11H21NO2S. The number of β-amino-alcohol motifs (C(OH)–C–C–N with tert-alkyl or cyclic N) is 1. The lowest BCUT2D eigenvalue weighted by Gasteiger charge is -2.30. The summed E-state index contributed by atoms with van der Waals surface area (Å²) in [4.78, 5) is 13.5. The van der Waals surface area contributed by atoms with E-state index in [1.807, 2.05) is 0 Å². The summed E-state index contributed by atoms with van der Waals surface area (Å²) in [5.41, 5.74) is 0. The number of carbonyl (C=O) groups is 1. The van der Waals surface area contributed by atoms with Crippen LogP contribution in [0.15, 0.2) is 0 Å². The van der Waals surface area contributed by atoms with Crippen molar-refractivity contribution in [3.05, 3.63) is 0 Å². The van der Waals surface area contributed by atoms with Crippen molar-refractivity contribution < 1.29 is 9.90 Å². The number of thioether (sulfide) groups is 1. The Bertz CT molecular complexity index is 199. The summed E-state index contributed by atoms with van der Waals surface area (Å²) in [6.07, 6.45) is 3.84. The molecule has 0 aromatic carbocycles. The molecule has 1 heterocycles. The van der Waals surface area contributed by atoms with Gasteiger partial charge in [0.2, 0.25) is 5.91 Å². The van der Waals surface area contributed by atoms with E-state index in [1.165, 1.54) is 12.8 Å². The summed E-state index contributed by atoms with van der Waals surface area (Å²) < 4.78 is 0. The van der Waals surface area contributed by atoms with Crippen LogP contribution >= 0.6 is 11.8 Å². The molecule has 1 aliphatic heterocycles. The highest BCUT2D eigenvalue weighted by Gasteiger charge is 2.21. The molecule has 1 amide bonds. The molecule has 1 atom stereocenters. The van der Waals surface area contributed by atoms with Crippen molar-refractivity contribution in [2.75, 3.05) is 24.6 Å². The van der Waals surface area contributed by atoms with Gasteiger partial charge >= 0.3 is 0 Å². The van der Waals surface area contributed by atoms with Gasteiger partial charge in [0.25, 0.3) is 0 Å². The molecule has 4 heteroatoms. The van der Waals surface area contributed by atoms with E-state index < -0.39 is 0 Å². The maximum absolute atomic E-state index is 11.7. The van der Waals surface area contributed by atoms with Gasteiger partial charge in [-0.25, -0.2) is 0 Å². The van der Waals surface area contributed by atoms with Crippen molar-refractivity contribution in [3.8, 4) is 0 Å². The van der Waals surface area contributed by atoms with Crippen LogP contribution in [0.4, 0.5) is 0 Å². The molecule has 15 heavy (non-hydrogen) atoms. The average Bonchev–Trinajstić information content (AvgIpc) is 2.24. The highest BCUT2D eigenvalue weighted by Crippen LogP contribution is 2.12. The summed E-state index contributed by atoms with van der Waals surface area (Å²) in [6.45, 7) is 3.51. The van der Waals surface area contributed by atoms with Crippen LogP contribution in [-0.2, 0) is 4.79 Å². The normalized spacial score (nSPS) is 21.7. The summed E-state index contributed by atoms with van der Waals surface area (Å²) >= 11 is 1.71. The zero-order valence-corrected chi connectivity index (χ0v) is 10.3. The van der Waals surface area contributed by atoms with Crippen molar-refractivity contribution in [1.82, 2.24) is 4.90 Å². The number of nitrogens with zero attached hydrogens (tertiary/aromatic N) is 1. The second-order valence-corrected chi connectivity index (χ2v) is 5.15. The van der Waals surface area contributed by atoms with Gasteiger partial charge in [0.05, 0.1) is 11.9 Å². The minimum atomic E-state index is -0.302. The van der Waals surface area contributed by atoms with E-state index in [2.05, 4.69) is 6.92 Å². The molecule has 0 spiro atoms. The first kappa shape index (κ1) is 12.8. The monoisotopic (exact) mass is 231 g/mol. The maximum Gasteiger partial charge on any atom is 0.232 e. The SMILES string of the molecule is CCCCSCC(=O)N1CCC[C@H](O)C1. The number of hydrogen-bond acceptors (Lipinski definition) is 3. The number of rotatable bonds is 5. The Labute approximate surface area is 96.2 Å². The average molecular weight is 231 g/mol. The molecule has 1 saturated heterocycles. The first-order valence-electron chi connectivity index (χ1n) is 5.77. The van der Waals surface area contributed by atoms with Crippen LogP contribution in [0.1, 0.15) is 32.6 Å². The van der Waals surface area contributed by atoms with Crippen molar-refractivity contribution in [2.45, 2.75) is 38.7 Å². The van der Waals surface area contributed by atoms with Crippen molar-refractivity contribution in [1.29, 1.82) is 0 Å². The molecule has 0 radical (unpaired) electrons. The summed E-state index contributed by atoms with van der Waals surface area (Å²) in [5, 5.41) is 9.44.